The molecule has 1 aromatic carbocycles. The molecule has 1 saturated carbocycles. The summed E-state index contributed by atoms with van der Waals surface area (Å²) in [5, 5.41) is 10.3. The van der Waals surface area contributed by atoms with Crippen LogP contribution in [0.25, 0.3) is 0 Å². The van der Waals surface area contributed by atoms with E-state index in [1.807, 2.05) is 32.9 Å². The number of aliphatic hydroxyl groups excluding tert-OH is 1. The van der Waals surface area contributed by atoms with Crippen molar-refractivity contribution in [2.45, 2.75) is 63.0 Å². The van der Waals surface area contributed by atoms with Crippen LogP contribution in [0.4, 0.5) is 0 Å². The maximum absolute atomic E-state index is 10.3. The van der Waals surface area contributed by atoms with Crippen LogP contribution in [0.1, 0.15) is 44.2 Å². The first-order valence-corrected chi connectivity index (χ1v) is 8.30. The van der Waals surface area contributed by atoms with Crippen molar-refractivity contribution < 1.29 is 24.1 Å². The number of hydrogen-bond donors (Lipinski definition) is 1. The number of benzene rings is 1. The number of fused-ring (bicyclic) bond motifs is 1. The molecule has 2 saturated heterocycles. The Balaban J connectivity index is 1.63. The van der Waals surface area contributed by atoms with Gasteiger partial charge in [-0.15, -0.1) is 0 Å². The molecule has 5 nitrogen and oxygen atoms in total. The highest BCUT2D eigenvalue weighted by Crippen LogP contribution is 2.46. The highest BCUT2D eigenvalue weighted by molar-refractivity contribution is 5.32. The van der Waals surface area contributed by atoms with E-state index in [-0.39, 0.29) is 18.1 Å². The van der Waals surface area contributed by atoms with E-state index in [1.165, 1.54) is 0 Å². The highest BCUT2D eigenvalue weighted by Gasteiger charge is 2.54. The molecule has 0 unspecified atom stereocenters. The van der Waals surface area contributed by atoms with Gasteiger partial charge in [0.05, 0.1) is 25.4 Å². The smallest absolute Gasteiger partial charge is 0.192 e. The predicted octanol–water partition coefficient (Wildman–Crippen LogP) is 2.27. The van der Waals surface area contributed by atoms with E-state index in [1.54, 1.807) is 0 Å². The molecule has 0 amide bonds. The highest BCUT2D eigenvalue weighted by atomic mass is 16.8. The van der Waals surface area contributed by atoms with Gasteiger partial charge in [0.15, 0.2) is 11.6 Å². The fourth-order valence-corrected chi connectivity index (χ4v) is 4.01. The minimum atomic E-state index is -0.682. The van der Waals surface area contributed by atoms with E-state index < -0.39 is 17.7 Å². The molecule has 1 aliphatic carbocycles. The Hall–Kier alpha value is -0.980. The molecule has 23 heavy (non-hydrogen) atoms. The van der Waals surface area contributed by atoms with Gasteiger partial charge in [-0.1, -0.05) is 24.3 Å². The van der Waals surface area contributed by atoms with Crippen molar-refractivity contribution in [1.29, 1.82) is 0 Å². The molecule has 126 valence electrons. The summed E-state index contributed by atoms with van der Waals surface area (Å²) in [4.78, 5) is 0. The third kappa shape index (κ3) is 2.61. The average Bonchev–Trinajstić information content (AvgIpc) is 3.16. The van der Waals surface area contributed by atoms with Crippen molar-refractivity contribution in [1.82, 2.24) is 0 Å². The Bertz CT molecular complexity index is 593. The van der Waals surface area contributed by atoms with Crippen molar-refractivity contribution in [2.24, 2.45) is 0 Å². The largest absolute Gasteiger partial charge is 0.390 e. The molecular formula is C18H24O5. The monoisotopic (exact) mass is 320 g/mol. The molecule has 0 spiro atoms. The van der Waals surface area contributed by atoms with E-state index in [2.05, 4.69) is 12.1 Å². The topological polar surface area (TPSA) is 57.2 Å². The minimum Gasteiger partial charge on any atom is -0.390 e. The summed E-state index contributed by atoms with van der Waals surface area (Å²) in [5.74, 6) is -1.21. The molecule has 4 atom stereocenters. The summed E-state index contributed by atoms with van der Waals surface area (Å²) < 4.78 is 23.4. The van der Waals surface area contributed by atoms with Gasteiger partial charge in [0, 0.05) is 11.5 Å². The van der Waals surface area contributed by atoms with E-state index in [4.69, 9.17) is 18.9 Å². The molecule has 3 fully saturated rings. The van der Waals surface area contributed by atoms with Crippen LogP contribution < -0.4 is 0 Å². The molecule has 1 N–H and O–H groups in total. The SMILES string of the molecule is CC1(C)O[C@@H]2[C@H](O1)[C@@H](c1cccc(C3(C)OCCO3)c1)C[C@@H]2O. The van der Waals surface area contributed by atoms with Gasteiger partial charge in [0.1, 0.15) is 6.10 Å². The van der Waals surface area contributed by atoms with Crippen molar-refractivity contribution in [3.05, 3.63) is 35.4 Å². The summed E-state index contributed by atoms with van der Waals surface area (Å²) >= 11 is 0. The van der Waals surface area contributed by atoms with Gasteiger partial charge in [-0.05, 0) is 32.8 Å². The van der Waals surface area contributed by atoms with Crippen molar-refractivity contribution in [2.75, 3.05) is 13.2 Å². The lowest BCUT2D eigenvalue weighted by Crippen LogP contribution is -2.28. The second-order valence-electron chi connectivity index (χ2n) is 7.24. The normalized spacial score (nSPS) is 37.9. The molecule has 4 rings (SSSR count). The maximum atomic E-state index is 10.3. The van der Waals surface area contributed by atoms with Crippen LogP contribution in [0.5, 0.6) is 0 Å². The maximum Gasteiger partial charge on any atom is 0.192 e. The van der Waals surface area contributed by atoms with E-state index >= 15 is 0 Å². The Labute approximate surface area is 136 Å². The summed E-state index contributed by atoms with van der Waals surface area (Å²) in [7, 11) is 0. The fraction of sp³-hybridized carbons (Fsp3) is 0.667. The lowest BCUT2D eigenvalue weighted by Gasteiger charge is -2.26. The molecule has 5 heteroatoms. The van der Waals surface area contributed by atoms with Crippen LogP contribution in [0.3, 0.4) is 0 Å². The molecule has 0 radical (unpaired) electrons. The third-order valence-electron chi connectivity index (χ3n) is 5.11. The molecule has 2 aliphatic heterocycles. The van der Waals surface area contributed by atoms with Crippen molar-refractivity contribution in [3.63, 3.8) is 0 Å². The Morgan fingerprint density at radius 1 is 1.04 bits per heavy atom. The van der Waals surface area contributed by atoms with Gasteiger partial charge >= 0.3 is 0 Å². The van der Waals surface area contributed by atoms with Gasteiger partial charge < -0.3 is 24.1 Å². The summed E-state index contributed by atoms with van der Waals surface area (Å²) in [6.07, 6.45) is -0.223. The fourth-order valence-electron chi connectivity index (χ4n) is 4.01. The number of aliphatic hydroxyl groups is 1. The van der Waals surface area contributed by atoms with Crippen LogP contribution in [-0.4, -0.2) is 42.4 Å². The molecule has 0 aromatic heterocycles. The molecular weight excluding hydrogens is 296 g/mol. The number of rotatable bonds is 2. The molecule has 1 aromatic rings. The molecule has 0 bridgehead atoms. The first-order valence-electron chi connectivity index (χ1n) is 8.30. The van der Waals surface area contributed by atoms with Crippen LogP contribution in [0.15, 0.2) is 24.3 Å². The zero-order valence-corrected chi connectivity index (χ0v) is 13.8. The lowest BCUT2D eigenvalue weighted by molar-refractivity contribution is -0.163. The van der Waals surface area contributed by atoms with Crippen LogP contribution in [0.2, 0.25) is 0 Å². The minimum absolute atomic E-state index is 0.113. The Kier molecular flexibility index (Phi) is 3.55. The zero-order valence-electron chi connectivity index (χ0n) is 13.8. The van der Waals surface area contributed by atoms with Crippen molar-refractivity contribution in [3.8, 4) is 0 Å². The second-order valence-corrected chi connectivity index (χ2v) is 7.24. The lowest BCUT2D eigenvalue weighted by atomic mass is 9.92. The zero-order chi connectivity index (χ0) is 16.2. The van der Waals surface area contributed by atoms with Gasteiger partial charge in [0.25, 0.3) is 0 Å². The Morgan fingerprint density at radius 3 is 2.48 bits per heavy atom. The van der Waals surface area contributed by atoms with Crippen molar-refractivity contribution >= 4 is 0 Å². The second kappa shape index (κ2) is 5.26. The third-order valence-corrected chi connectivity index (χ3v) is 5.11. The van der Waals surface area contributed by atoms with Gasteiger partial charge in [-0.2, -0.15) is 0 Å². The number of hydrogen-bond acceptors (Lipinski definition) is 5. The summed E-state index contributed by atoms with van der Waals surface area (Å²) in [6.45, 7) is 6.96. The molecule has 2 heterocycles. The quantitative estimate of drug-likeness (QED) is 0.906. The summed E-state index contributed by atoms with van der Waals surface area (Å²) in [5.41, 5.74) is 2.14. The summed E-state index contributed by atoms with van der Waals surface area (Å²) in [6, 6.07) is 8.23. The van der Waals surface area contributed by atoms with E-state index in [0.29, 0.717) is 19.6 Å². The first-order chi connectivity index (χ1) is 10.9. The predicted molar refractivity (Wildman–Crippen MR) is 82.9 cm³/mol. The van der Waals surface area contributed by atoms with Gasteiger partial charge in [0.2, 0.25) is 0 Å². The average molecular weight is 320 g/mol. The van der Waals surface area contributed by atoms with E-state index in [0.717, 1.165) is 11.1 Å². The van der Waals surface area contributed by atoms with Gasteiger partial charge in [-0.25, -0.2) is 0 Å². The van der Waals surface area contributed by atoms with Gasteiger partial charge in [-0.3, -0.25) is 0 Å². The standard InChI is InChI=1S/C18H24O5/c1-17(2)22-15-13(10-14(19)16(15)23-17)11-5-4-6-12(9-11)18(3)20-7-8-21-18/h4-6,9,13-16,19H,7-8,10H2,1-3H3/t13-,14+,15-,16+/m1/s1. The first kappa shape index (κ1) is 15.5. The van der Waals surface area contributed by atoms with Crippen LogP contribution >= 0.6 is 0 Å². The number of ether oxygens (including phenoxy) is 4. The van der Waals surface area contributed by atoms with E-state index in [9.17, 15) is 5.11 Å². The van der Waals surface area contributed by atoms with Crippen LogP contribution in [0, 0.1) is 0 Å². The Morgan fingerprint density at radius 2 is 1.74 bits per heavy atom. The molecule has 3 aliphatic rings. The van der Waals surface area contributed by atoms with Crippen LogP contribution in [-0.2, 0) is 24.7 Å².